The fourth-order valence-electron chi connectivity index (χ4n) is 7.17. The lowest BCUT2D eigenvalue weighted by atomic mass is 9.81. The summed E-state index contributed by atoms with van der Waals surface area (Å²) < 4.78 is 0. The number of nitrogens with zero attached hydrogens (tertiary/aromatic N) is 3. The number of hydrogen-bond donors (Lipinski definition) is 0. The molecule has 0 fully saturated rings. The highest BCUT2D eigenvalue weighted by molar-refractivity contribution is 6.00. The zero-order valence-electron chi connectivity index (χ0n) is 27.2. The standard InChI is InChI=1S/C45H35N3/c1-45(2)38-20-11-10-19-36(38)43-39(45)26-25-37(42(43)33-23-21-31(22-24-33)35-18-12-13-30(27-35)29-46-3)41-28-40(32-14-6-4-7-15-32)47-44(48-41)34-16-8-5-9-17-34/h4-28H,3,29H2,1-2H3. The van der Waals surface area contributed by atoms with Crippen molar-refractivity contribution in [3.63, 3.8) is 0 Å². The molecular weight excluding hydrogens is 583 g/mol. The lowest BCUT2D eigenvalue weighted by Crippen LogP contribution is -2.14. The van der Waals surface area contributed by atoms with Gasteiger partial charge in [-0.05, 0) is 68.9 Å². The Morgan fingerprint density at radius 3 is 1.90 bits per heavy atom. The van der Waals surface area contributed by atoms with Gasteiger partial charge in [0.25, 0.3) is 0 Å². The van der Waals surface area contributed by atoms with Crippen LogP contribution < -0.4 is 0 Å². The van der Waals surface area contributed by atoms with E-state index in [0.29, 0.717) is 12.4 Å². The van der Waals surface area contributed by atoms with E-state index in [9.17, 15) is 0 Å². The molecule has 3 heteroatoms. The summed E-state index contributed by atoms with van der Waals surface area (Å²) >= 11 is 0. The van der Waals surface area contributed by atoms with Crippen LogP contribution in [0.3, 0.4) is 0 Å². The molecule has 0 saturated heterocycles. The molecule has 0 atom stereocenters. The monoisotopic (exact) mass is 617 g/mol. The van der Waals surface area contributed by atoms with Crippen LogP contribution in [-0.4, -0.2) is 16.7 Å². The average Bonchev–Trinajstić information content (AvgIpc) is 3.38. The maximum Gasteiger partial charge on any atom is 0.160 e. The smallest absolute Gasteiger partial charge is 0.160 e. The molecule has 1 heterocycles. The predicted molar refractivity (Wildman–Crippen MR) is 200 cm³/mol. The van der Waals surface area contributed by atoms with Crippen molar-refractivity contribution in [3.8, 4) is 67.3 Å². The molecule has 0 spiro atoms. The first-order valence-electron chi connectivity index (χ1n) is 16.4. The van der Waals surface area contributed by atoms with Crippen molar-refractivity contribution >= 4 is 6.72 Å². The topological polar surface area (TPSA) is 38.1 Å². The van der Waals surface area contributed by atoms with Gasteiger partial charge < -0.3 is 0 Å². The number of hydrogen-bond acceptors (Lipinski definition) is 3. The Labute approximate surface area is 282 Å². The highest BCUT2D eigenvalue weighted by Gasteiger charge is 2.37. The quantitative estimate of drug-likeness (QED) is 0.167. The van der Waals surface area contributed by atoms with Crippen LogP contribution in [0.15, 0.2) is 157 Å². The molecule has 0 aliphatic heterocycles. The first kappa shape index (κ1) is 29.5. The molecule has 230 valence electrons. The van der Waals surface area contributed by atoms with E-state index >= 15 is 0 Å². The summed E-state index contributed by atoms with van der Waals surface area (Å²) in [5.74, 6) is 0.711. The molecule has 1 aliphatic carbocycles. The van der Waals surface area contributed by atoms with E-state index in [1.54, 1.807) is 0 Å². The average molecular weight is 618 g/mol. The first-order valence-corrected chi connectivity index (χ1v) is 16.4. The lowest BCUT2D eigenvalue weighted by molar-refractivity contribution is 0.660. The maximum absolute atomic E-state index is 5.27. The van der Waals surface area contributed by atoms with Gasteiger partial charge in [-0.25, -0.2) is 9.97 Å². The van der Waals surface area contributed by atoms with Gasteiger partial charge in [0, 0.05) is 22.1 Å². The predicted octanol–water partition coefficient (Wildman–Crippen LogP) is 11.3. The number of fused-ring (bicyclic) bond motifs is 3. The van der Waals surface area contributed by atoms with Gasteiger partial charge in [0.2, 0.25) is 0 Å². The van der Waals surface area contributed by atoms with Crippen molar-refractivity contribution in [2.24, 2.45) is 4.99 Å². The van der Waals surface area contributed by atoms with Crippen LogP contribution in [0, 0.1) is 0 Å². The molecule has 1 aromatic heterocycles. The van der Waals surface area contributed by atoms with Crippen LogP contribution in [0.5, 0.6) is 0 Å². The number of aliphatic imine (C=N–C) groups is 1. The molecule has 1 aliphatic rings. The van der Waals surface area contributed by atoms with Gasteiger partial charge in [0.1, 0.15) is 0 Å². The summed E-state index contributed by atoms with van der Waals surface area (Å²) in [5.41, 5.74) is 15.9. The Morgan fingerprint density at radius 2 is 1.15 bits per heavy atom. The Bertz CT molecular complexity index is 2230. The van der Waals surface area contributed by atoms with Crippen molar-refractivity contribution in [1.82, 2.24) is 9.97 Å². The van der Waals surface area contributed by atoms with Gasteiger partial charge in [-0.1, -0.05) is 153 Å². The zero-order chi connectivity index (χ0) is 32.7. The van der Waals surface area contributed by atoms with Crippen molar-refractivity contribution in [2.75, 3.05) is 0 Å². The number of benzene rings is 6. The SMILES string of the molecule is C=NCc1cccc(-c2ccc(-c3c(-c4cc(-c5ccccc5)nc(-c5ccccc5)n4)ccc4c3-c3ccccc3C4(C)C)cc2)c1. The van der Waals surface area contributed by atoms with E-state index in [-0.39, 0.29) is 5.41 Å². The van der Waals surface area contributed by atoms with E-state index in [1.165, 1.54) is 38.9 Å². The van der Waals surface area contributed by atoms with Gasteiger partial charge in [0.15, 0.2) is 5.82 Å². The Hall–Kier alpha value is -5.93. The van der Waals surface area contributed by atoms with E-state index in [4.69, 9.17) is 9.97 Å². The molecule has 8 rings (SSSR count). The van der Waals surface area contributed by atoms with Gasteiger partial charge in [-0.3, -0.25) is 4.99 Å². The Kier molecular flexibility index (Phi) is 7.38. The fourth-order valence-corrected chi connectivity index (χ4v) is 7.17. The highest BCUT2D eigenvalue weighted by atomic mass is 14.9. The lowest BCUT2D eigenvalue weighted by Gasteiger charge is -2.23. The van der Waals surface area contributed by atoms with Gasteiger partial charge in [-0.2, -0.15) is 0 Å². The molecule has 0 amide bonds. The molecular formula is C45H35N3. The second kappa shape index (κ2) is 12.0. The third-order valence-corrected chi connectivity index (χ3v) is 9.58. The molecule has 0 bridgehead atoms. The minimum Gasteiger partial charge on any atom is -0.296 e. The maximum atomic E-state index is 5.27. The molecule has 6 aromatic carbocycles. The van der Waals surface area contributed by atoms with Crippen molar-refractivity contribution < 1.29 is 0 Å². The minimum absolute atomic E-state index is 0.130. The summed E-state index contributed by atoms with van der Waals surface area (Å²) in [7, 11) is 0. The van der Waals surface area contributed by atoms with Gasteiger partial charge in [-0.15, -0.1) is 0 Å². The molecule has 7 aromatic rings. The van der Waals surface area contributed by atoms with E-state index in [2.05, 4.69) is 153 Å². The Morgan fingerprint density at radius 1 is 0.500 bits per heavy atom. The van der Waals surface area contributed by atoms with E-state index in [0.717, 1.165) is 39.2 Å². The normalized spacial score (nSPS) is 12.7. The Balaban J connectivity index is 1.37. The van der Waals surface area contributed by atoms with Crippen LogP contribution in [0.1, 0.15) is 30.5 Å². The highest BCUT2D eigenvalue weighted by Crippen LogP contribution is 2.54. The second-order valence-electron chi connectivity index (χ2n) is 12.9. The third-order valence-electron chi connectivity index (χ3n) is 9.58. The van der Waals surface area contributed by atoms with Crippen molar-refractivity contribution in [2.45, 2.75) is 25.8 Å². The van der Waals surface area contributed by atoms with Gasteiger partial charge in [0.05, 0.1) is 17.9 Å². The van der Waals surface area contributed by atoms with Crippen LogP contribution in [-0.2, 0) is 12.0 Å². The zero-order valence-corrected chi connectivity index (χ0v) is 27.2. The van der Waals surface area contributed by atoms with E-state index in [1.807, 2.05) is 24.3 Å². The summed E-state index contributed by atoms with van der Waals surface area (Å²) in [5, 5.41) is 0. The summed E-state index contributed by atoms with van der Waals surface area (Å²) in [6, 6.07) is 53.8. The van der Waals surface area contributed by atoms with Crippen LogP contribution in [0.25, 0.3) is 67.3 Å². The first-order chi connectivity index (χ1) is 23.5. The van der Waals surface area contributed by atoms with Crippen molar-refractivity contribution in [3.05, 3.63) is 168 Å². The van der Waals surface area contributed by atoms with Crippen molar-refractivity contribution in [1.29, 1.82) is 0 Å². The van der Waals surface area contributed by atoms with Crippen LogP contribution in [0.2, 0.25) is 0 Å². The number of rotatable bonds is 7. The third kappa shape index (κ3) is 5.14. The van der Waals surface area contributed by atoms with E-state index < -0.39 is 0 Å². The molecule has 0 unspecified atom stereocenters. The molecule has 48 heavy (non-hydrogen) atoms. The minimum atomic E-state index is -0.130. The molecule has 0 saturated carbocycles. The second-order valence-corrected chi connectivity index (χ2v) is 12.9. The summed E-state index contributed by atoms with van der Waals surface area (Å²) in [6.45, 7) is 8.95. The number of aromatic nitrogens is 2. The van der Waals surface area contributed by atoms with Gasteiger partial charge >= 0.3 is 0 Å². The molecule has 3 nitrogen and oxygen atoms in total. The summed E-state index contributed by atoms with van der Waals surface area (Å²) in [6.07, 6.45) is 0. The molecule has 0 N–H and O–H groups in total. The van der Waals surface area contributed by atoms with Crippen LogP contribution >= 0.6 is 0 Å². The summed E-state index contributed by atoms with van der Waals surface area (Å²) in [4.78, 5) is 14.4. The fraction of sp³-hybridized carbons (Fsp3) is 0.0889. The largest absolute Gasteiger partial charge is 0.296 e. The molecule has 0 radical (unpaired) electrons. The van der Waals surface area contributed by atoms with Crippen LogP contribution in [0.4, 0.5) is 0 Å².